The molecule has 0 saturated carbocycles. The van der Waals surface area contributed by atoms with Crippen LogP contribution in [0.1, 0.15) is 19.4 Å². The third kappa shape index (κ3) is 3.76. The first-order valence-electron chi connectivity index (χ1n) is 5.37. The molecule has 2 N–H and O–H groups in total. The molecule has 5 heteroatoms. The molecule has 0 saturated heterocycles. The summed E-state index contributed by atoms with van der Waals surface area (Å²) >= 11 is 0. The number of rotatable bonds is 5. The maximum Gasteiger partial charge on any atom is 0.308 e. The van der Waals surface area contributed by atoms with Gasteiger partial charge in [-0.05, 0) is 18.1 Å². The predicted molar refractivity (Wildman–Crippen MR) is 63.4 cm³/mol. The molecule has 1 atom stereocenters. The van der Waals surface area contributed by atoms with Gasteiger partial charge in [-0.2, -0.15) is 5.26 Å². The van der Waals surface area contributed by atoms with Crippen LogP contribution in [0.15, 0.2) is 18.3 Å². The predicted octanol–water partition coefficient (Wildman–Crippen LogP) is 1.72. The van der Waals surface area contributed by atoms with Crippen LogP contribution in [-0.2, 0) is 4.79 Å². The normalized spacial score (nSPS) is 11.9. The van der Waals surface area contributed by atoms with Gasteiger partial charge in [0.25, 0.3) is 0 Å². The van der Waals surface area contributed by atoms with Crippen molar-refractivity contribution in [1.82, 2.24) is 4.98 Å². The fourth-order valence-electron chi connectivity index (χ4n) is 1.39. The molecular formula is C12H15N3O2. The molecule has 0 bridgehead atoms. The minimum absolute atomic E-state index is 0.0541. The third-order valence-corrected chi connectivity index (χ3v) is 2.52. The number of nitrogens with zero attached hydrogens (tertiary/aromatic N) is 2. The molecule has 0 fully saturated rings. The van der Waals surface area contributed by atoms with Crippen molar-refractivity contribution in [2.75, 3.05) is 11.9 Å². The molecule has 1 heterocycles. The molecule has 1 rings (SSSR count). The Morgan fingerprint density at radius 1 is 1.59 bits per heavy atom. The van der Waals surface area contributed by atoms with E-state index in [9.17, 15) is 4.79 Å². The first-order chi connectivity index (χ1) is 8.04. The fraction of sp³-hybridized carbons (Fsp3) is 0.417. The lowest BCUT2D eigenvalue weighted by Gasteiger charge is -2.16. The number of nitriles is 1. The summed E-state index contributed by atoms with van der Waals surface area (Å²) in [6.45, 7) is 4.06. The highest BCUT2D eigenvalue weighted by Crippen LogP contribution is 2.12. The Bertz CT molecular complexity index is 420. The molecule has 5 nitrogen and oxygen atoms in total. The lowest BCUT2D eigenvalue weighted by molar-refractivity contribution is -0.142. The number of hydrogen-bond donors (Lipinski definition) is 2. The second kappa shape index (κ2) is 5.85. The zero-order valence-corrected chi connectivity index (χ0v) is 9.84. The first kappa shape index (κ1) is 13.0. The molecule has 0 aliphatic carbocycles. The van der Waals surface area contributed by atoms with Gasteiger partial charge in [0.2, 0.25) is 0 Å². The van der Waals surface area contributed by atoms with Gasteiger partial charge in [-0.1, -0.05) is 13.8 Å². The first-order valence-corrected chi connectivity index (χ1v) is 5.37. The Kier molecular flexibility index (Phi) is 4.46. The van der Waals surface area contributed by atoms with Crippen molar-refractivity contribution in [1.29, 1.82) is 5.26 Å². The van der Waals surface area contributed by atoms with E-state index in [0.717, 1.165) is 0 Å². The summed E-state index contributed by atoms with van der Waals surface area (Å²) in [5, 5.41) is 20.6. The van der Waals surface area contributed by atoms with Crippen molar-refractivity contribution < 1.29 is 9.90 Å². The van der Waals surface area contributed by atoms with Crippen molar-refractivity contribution in [3.8, 4) is 6.07 Å². The molecule has 90 valence electrons. The SMILES string of the molecule is CC(C)C(CNc1ccc(C#N)cn1)C(=O)O. The molecule has 1 unspecified atom stereocenters. The van der Waals surface area contributed by atoms with E-state index in [1.165, 1.54) is 6.20 Å². The topological polar surface area (TPSA) is 86.0 Å². The van der Waals surface area contributed by atoms with Gasteiger partial charge in [0.05, 0.1) is 11.5 Å². The fourth-order valence-corrected chi connectivity index (χ4v) is 1.39. The van der Waals surface area contributed by atoms with E-state index in [1.54, 1.807) is 12.1 Å². The standard InChI is InChI=1S/C12H15N3O2/c1-8(2)10(12(16)17)7-15-11-4-3-9(5-13)6-14-11/h3-4,6,8,10H,7H2,1-2H3,(H,14,15)(H,16,17). The number of carboxylic acid groups (broad SMARTS) is 1. The number of carbonyl (C=O) groups is 1. The molecule has 1 aromatic heterocycles. The van der Waals surface area contributed by atoms with Crippen LogP contribution in [0.2, 0.25) is 0 Å². The number of nitrogens with one attached hydrogen (secondary N) is 1. The number of hydrogen-bond acceptors (Lipinski definition) is 4. The average Bonchev–Trinajstić information content (AvgIpc) is 2.29. The minimum atomic E-state index is -0.818. The smallest absolute Gasteiger partial charge is 0.308 e. The van der Waals surface area contributed by atoms with Crippen molar-refractivity contribution >= 4 is 11.8 Å². The van der Waals surface area contributed by atoms with Gasteiger partial charge in [0.1, 0.15) is 11.9 Å². The highest BCUT2D eigenvalue weighted by Gasteiger charge is 2.20. The summed E-state index contributed by atoms with van der Waals surface area (Å²) in [6, 6.07) is 5.27. The highest BCUT2D eigenvalue weighted by molar-refractivity contribution is 5.71. The lowest BCUT2D eigenvalue weighted by Crippen LogP contribution is -2.27. The van der Waals surface area contributed by atoms with Gasteiger partial charge >= 0.3 is 5.97 Å². The summed E-state index contributed by atoms with van der Waals surface area (Å²) < 4.78 is 0. The monoisotopic (exact) mass is 233 g/mol. The van der Waals surface area contributed by atoms with Crippen molar-refractivity contribution in [2.45, 2.75) is 13.8 Å². The van der Waals surface area contributed by atoms with Crippen LogP contribution in [0.3, 0.4) is 0 Å². The summed E-state index contributed by atoms with van der Waals surface area (Å²) in [7, 11) is 0. The van der Waals surface area contributed by atoms with E-state index in [0.29, 0.717) is 17.9 Å². The van der Waals surface area contributed by atoms with Crippen LogP contribution in [0.5, 0.6) is 0 Å². The number of pyridine rings is 1. The van der Waals surface area contributed by atoms with Gasteiger partial charge in [-0.15, -0.1) is 0 Å². The van der Waals surface area contributed by atoms with E-state index in [2.05, 4.69) is 10.3 Å². The maximum absolute atomic E-state index is 11.0. The molecule has 0 radical (unpaired) electrons. The Morgan fingerprint density at radius 3 is 2.71 bits per heavy atom. The molecule has 0 amide bonds. The second-order valence-corrected chi connectivity index (χ2v) is 4.11. The zero-order valence-electron chi connectivity index (χ0n) is 9.84. The van der Waals surface area contributed by atoms with E-state index in [-0.39, 0.29) is 5.92 Å². The van der Waals surface area contributed by atoms with Gasteiger partial charge in [-0.25, -0.2) is 4.98 Å². The maximum atomic E-state index is 11.0. The highest BCUT2D eigenvalue weighted by atomic mass is 16.4. The summed E-state index contributed by atoms with van der Waals surface area (Å²) in [5.41, 5.74) is 0.481. The largest absolute Gasteiger partial charge is 0.481 e. The minimum Gasteiger partial charge on any atom is -0.481 e. The van der Waals surface area contributed by atoms with Gasteiger partial charge < -0.3 is 10.4 Å². The van der Waals surface area contributed by atoms with Crippen LogP contribution in [-0.4, -0.2) is 22.6 Å². The summed E-state index contributed by atoms with van der Waals surface area (Å²) in [5.74, 6) is -0.636. The number of aromatic nitrogens is 1. The molecule has 0 aromatic carbocycles. The second-order valence-electron chi connectivity index (χ2n) is 4.11. The molecule has 1 aromatic rings. The third-order valence-electron chi connectivity index (χ3n) is 2.52. The van der Waals surface area contributed by atoms with Gasteiger partial charge in [0.15, 0.2) is 0 Å². The quantitative estimate of drug-likeness (QED) is 0.808. The average molecular weight is 233 g/mol. The zero-order chi connectivity index (χ0) is 12.8. The van der Waals surface area contributed by atoms with Gasteiger partial charge in [-0.3, -0.25) is 4.79 Å². The molecule has 0 aliphatic rings. The Labute approximate surface area is 100 Å². The van der Waals surface area contributed by atoms with Crippen LogP contribution in [0, 0.1) is 23.2 Å². The van der Waals surface area contributed by atoms with Gasteiger partial charge in [0, 0.05) is 12.7 Å². The van der Waals surface area contributed by atoms with Crippen molar-refractivity contribution in [2.24, 2.45) is 11.8 Å². The van der Waals surface area contributed by atoms with E-state index >= 15 is 0 Å². The number of carboxylic acids is 1. The molecule has 0 spiro atoms. The summed E-state index contributed by atoms with van der Waals surface area (Å²) in [4.78, 5) is 15.0. The van der Waals surface area contributed by atoms with Crippen LogP contribution in [0.25, 0.3) is 0 Å². The number of aliphatic carboxylic acids is 1. The van der Waals surface area contributed by atoms with Crippen LogP contribution in [0.4, 0.5) is 5.82 Å². The van der Waals surface area contributed by atoms with E-state index < -0.39 is 11.9 Å². The van der Waals surface area contributed by atoms with E-state index in [1.807, 2.05) is 19.9 Å². The Balaban J connectivity index is 2.60. The molecule has 17 heavy (non-hydrogen) atoms. The van der Waals surface area contributed by atoms with E-state index in [4.69, 9.17) is 10.4 Å². The van der Waals surface area contributed by atoms with Crippen LogP contribution < -0.4 is 5.32 Å². The Morgan fingerprint density at radius 2 is 2.29 bits per heavy atom. The lowest BCUT2D eigenvalue weighted by atomic mass is 9.96. The van der Waals surface area contributed by atoms with Crippen molar-refractivity contribution in [3.63, 3.8) is 0 Å². The van der Waals surface area contributed by atoms with Crippen LogP contribution >= 0.6 is 0 Å². The number of anilines is 1. The molecular weight excluding hydrogens is 218 g/mol. The molecule has 0 aliphatic heterocycles. The summed E-state index contributed by atoms with van der Waals surface area (Å²) in [6.07, 6.45) is 1.45. The van der Waals surface area contributed by atoms with Crippen molar-refractivity contribution in [3.05, 3.63) is 23.9 Å². The Hall–Kier alpha value is -2.09.